The van der Waals surface area contributed by atoms with Gasteiger partial charge in [0.25, 0.3) is 0 Å². The number of amides is 1. The minimum absolute atomic E-state index is 0.320. The zero-order valence-corrected chi connectivity index (χ0v) is 13.7. The molecule has 1 saturated heterocycles. The van der Waals surface area contributed by atoms with Crippen molar-refractivity contribution >= 4 is 17.4 Å². The van der Waals surface area contributed by atoms with Gasteiger partial charge in [-0.2, -0.15) is 9.61 Å². The lowest BCUT2D eigenvalue weighted by Gasteiger charge is -2.17. The van der Waals surface area contributed by atoms with Gasteiger partial charge in [0.05, 0.1) is 6.20 Å². The Labute approximate surface area is 135 Å². The van der Waals surface area contributed by atoms with Crippen LogP contribution in [0.25, 0.3) is 5.65 Å². The first-order valence-electron chi connectivity index (χ1n) is 8.50. The summed E-state index contributed by atoms with van der Waals surface area (Å²) in [5.74, 6) is 2.03. The lowest BCUT2D eigenvalue weighted by atomic mass is 10.1. The van der Waals surface area contributed by atoms with Crippen molar-refractivity contribution in [1.29, 1.82) is 0 Å². The van der Waals surface area contributed by atoms with Crippen molar-refractivity contribution < 1.29 is 4.79 Å². The topological polar surface area (TPSA) is 62.5 Å². The predicted octanol–water partition coefficient (Wildman–Crippen LogP) is 2.28. The third kappa shape index (κ3) is 2.78. The van der Waals surface area contributed by atoms with Crippen molar-refractivity contribution in [1.82, 2.24) is 19.5 Å². The summed E-state index contributed by atoms with van der Waals surface area (Å²) in [4.78, 5) is 18.8. The highest BCUT2D eigenvalue weighted by molar-refractivity contribution is 5.79. The lowest BCUT2D eigenvalue weighted by Crippen LogP contribution is -2.28. The molecule has 3 heterocycles. The van der Waals surface area contributed by atoms with Crippen LogP contribution in [0.3, 0.4) is 0 Å². The maximum atomic E-state index is 12.1. The van der Waals surface area contributed by atoms with Crippen LogP contribution in [-0.4, -0.2) is 44.5 Å². The van der Waals surface area contributed by atoms with Gasteiger partial charge < -0.3 is 10.2 Å². The van der Waals surface area contributed by atoms with Gasteiger partial charge in [0.1, 0.15) is 5.82 Å². The van der Waals surface area contributed by atoms with Crippen molar-refractivity contribution in [3.63, 3.8) is 0 Å². The van der Waals surface area contributed by atoms with Gasteiger partial charge in [0.15, 0.2) is 5.65 Å². The second kappa shape index (κ2) is 5.51. The van der Waals surface area contributed by atoms with Gasteiger partial charge in [0, 0.05) is 49.3 Å². The molecular weight excluding hydrogens is 290 g/mol. The van der Waals surface area contributed by atoms with Gasteiger partial charge in [-0.15, -0.1) is 0 Å². The van der Waals surface area contributed by atoms with Crippen molar-refractivity contribution in [3.8, 4) is 0 Å². The van der Waals surface area contributed by atoms with Crippen LogP contribution < -0.4 is 5.32 Å². The number of carbonyl (C=O) groups excluding carboxylic acids is 1. The molecule has 122 valence electrons. The summed E-state index contributed by atoms with van der Waals surface area (Å²) in [6.07, 6.45) is 4.79. The quantitative estimate of drug-likeness (QED) is 0.920. The molecule has 23 heavy (non-hydrogen) atoms. The van der Waals surface area contributed by atoms with Crippen LogP contribution in [-0.2, 0) is 4.79 Å². The molecule has 1 amide bonds. The van der Waals surface area contributed by atoms with E-state index in [1.807, 2.05) is 10.6 Å². The molecule has 1 N–H and O–H groups in total. The summed E-state index contributed by atoms with van der Waals surface area (Å²) in [5.41, 5.74) is 1.92. The molecule has 4 rings (SSSR count). The molecule has 1 atom stereocenters. The van der Waals surface area contributed by atoms with Gasteiger partial charge in [0.2, 0.25) is 5.91 Å². The zero-order valence-electron chi connectivity index (χ0n) is 13.7. The predicted molar refractivity (Wildman–Crippen MR) is 88.4 cm³/mol. The van der Waals surface area contributed by atoms with E-state index in [0.717, 1.165) is 30.2 Å². The van der Waals surface area contributed by atoms with Crippen molar-refractivity contribution in [2.45, 2.75) is 45.1 Å². The van der Waals surface area contributed by atoms with Crippen molar-refractivity contribution in [3.05, 3.63) is 24.0 Å². The highest BCUT2D eigenvalue weighted by Gasteiger charge is 2.39. The molecule has 0 aromatic carbocycles. The second-order valence-electron chi connectivity index (χ2n) is 7.05. The van der Waals surface area contributed by atoms with Crippen LogP contribution in [0.15, 0.2) is 18.3 Å². The van der Waals surface area contributed by atoms with Gasteiger partial charge in [-0.3, -0.25) is 4.79 Å². The molecule has 2 aliphatic rings. The number of likely N-dealkylation sites (tertiary alicyclic amines) is 1. The number of aromatic nitrogens is 3. The summed E-state index contributed by atoms with van der Waals surface area (Å²) in [6.45, 7) is 5.97. The monoisotopic (exact) mass is 313 g/mol. The van der Waals surface area contributed by atoms with E-state index in [2.05, 4.69) is 40.2 Å². The molecule has 2 aromatic rings. The van der Waals surface area contributed by atoms with E-state index in [4.69, 9.17) is 0 Å². The molecular formula is C17H23N5O. The molecule has 1 saturated carbocycles. The maximum absolute atomic E-state index is 12.1. The number of hydrogen-bond donors (Lipinski definition) is 1. The zero-order chi connectivity index (χ0) is 16.0. The van der Waals surface area contributed by atoms with Crippen LogP contribution in [0.4, 0.5) is 5.82 Å². The Hall–Kier alpha value is -2.11. The van der Waals surface area contributed by atoms with Gasteiger partial charge in [-0.25, -0.2) is 4.98 Å². The number of fused-ring (bicyclic) bond motifs is 1. The van der Waals surface area contributed by atoms with Crippen molar-refractivity contribution in [2.75, 3.05) is 18.4 Å². The Morgan fingerprint density at radius 3 is 2.96 bits per heavy atom. The third-order valence-corrected chi connectivity index (χ3v) is 4.77. The Morgan fingerprint density at radius 2 is 2.22 bits per heavy atom. The minimum Gasteiger partial charge on any atom is -0.370 e. The standard InChI is InChI=1S/C17H23N5O/c1-11(2)14-8-16(22-15(20-14)5-6-19-22)18-9-12-7-17(23)21(10-12)13-3-4-13/h5-6,8,11-13,18H,3-4,7,9-10H2,1-2H3. The molecule has 2 aromatic heterocycles. The van der Waals surface area contributed by atoms with E-state index in [9.17, 15) is 4.79 Å². The van der Waals surface area contributed by atoms with Gasteiger partial charge >= 0.3 is 0 Å². The van der Waals surface area contributed by atoms with E-state index in [-0.39, 0.29) is 0 Å². The maximum Gasteiger partial charge on any atom is 0.223 e. The highest BCUT2D eigenvalue weighted by Crippen LogP contribution is 2.32. The van der Waals surface area contributed by atoms with E-state index < -0.39 is 0 Å². The lowest BCUT2D eigenvalue weighted by molar-refractivity contribution is -0.128. The average molecular weight is 313 g/mol. The molecule has 0 bridgehead atoms. The Balaban J connectivity index is 1.49. The SMILES string of the molecule is CC(C)c1cc(NCC2CC(=O)N(C3CC3)C2)n2nccc2n1. The molecule has 1 aliphatic heterocycles. The summed E-state index contributed by atoms with van der Waals surface area (Å²) in [6, 6.07) is 4.52. The fourth-order valence-corrected chi connectivity index (χ4v) is 3.29. The molecule has 0 spiro atoms. The van der Waals surface area contributed by atoms with Crippen LogP contribution >= 0.6 is 0 Å². The fourth-order valence-electron chi connectivity index (χ4n) is 3.29. The van der Waals surface area contributed by atoms with Crippen LogP contribution in [0.2, 0.25) is 0 Å². The summed E-state index contributed by atoms with van der Waals surface area (Å²) in [5, 5.41) is 7.84. The van der Waals surface area contributed by atoms with Crippen LogP contribution in [0.1, 0.15) is 44.7 Å². The van der Waals surface area contributed by atoms with E-state index >= 15 is 0 Å². The fraction of sp³-hybridized carbons (Fsp3) is 0.588. The van der Waals surface area contributed by atoms with Crippen LogP contribution in [0.5, 0.6) is 0 Å². The second-order valence-corrected chi connectivity index (χ2v) is 7.05. The Morgan fingerprint density at radius 1 is 1.39 bits per heavy atom. The molecule has 1 unspecified atom stereocenters. The number of anilines is 1. The summed E-state index contributed by atoms with van der Waals surface area (Å²) < 4.78 is 1.83. The van der Waals surface area contributed by atoms with E-state index in [1.165, 1.54) is 12.8 Å². The Bertz CT molecular complexity index is 734. The number of carbonyl (C=O) groups is 1. The molecule has 1 aliphatic carbocycles. The van der Waals surface area contributed by atoms with Crippen LogP contribution in [0, 0.1) is 5.92 Å². The smallest absolute Gasteiger partial charge is 0.223 e. The molecule has 6 heteroatoms. The first kappa shape index (κ1) is 14.5. The molecule has 2 fully saturated rings. The number of nitrogens with one attached hydrogen (secondary N) is 1. The van der Waals surface area contributed by atoms with E-state index in [1.54, 1.807) is 6.20 Å². The first-order valence-corrected chi connectivity index (χ1v) is 8.50. The average Bonchev–Trinajstić information content (AvgIpc) is 3.13. The van der Waals surface area contributed by atoms with Gasteiger partial charge in [-0.1, -0.05) is 13.8 Å². The number of hydrogen-bond acceptors (Lipinski definition) is 4. The minimum atomic E-state index is 0.320. The number of nitrogens with zero attached hydrogens (tertiary/aromatic N) is 4. The third-order valence-electron chi connectivity index (χ3n) is 4.77. The number of rotatable bonds is 5. The summed E-state index contributed by atoms with van der Waals surface area (Å²) >= 11 is 0. The van der Waals surface area contributed by atoms with E-state index in [0.29, 0.717) is 30.2 Å². The molecule has 6 nitrogen and oxygen atoms in total. The largest absolute Gasteiger partial charge is 0.370 e. The first-order chi connectivity index (χ1) is 11.1. The molecule has 0 radical (unpaired) electrons. The van der Waals surface area contributed by atoms with Gasteiger partial charge in [-0.05, 0) is 18.8 Å². The van der Waals surface area contributed by atoms with Crippen molar-refractivity contribution in [2.24, 2.45) is 5.92 Å². The highest BCUT2D eigenvalue weighted by atomic mass is 16.2. The summed E-state index contributed by atoms with van der Waals surface area (Å²) in [7, 11) is 0. The Kier molecular flexibility index (Phi) is 3.47. The normalized spacial score (nSPS) is 21.6.